The van der Waals surface area contributed by atoms with Crippen molar-refractivity contribution in [2.75, 3.05) is 12.3 Å². The quantitative estimate of drug-likeness (QED) is 0.752. The van der Waals surface area contributed by atoms with Gasteiger partial charge in [-0.3, -0.25) is 0 Å². The number of rotatable bonds is 6. The van der Waals surface area contributed by atoms with Crippen molar-refractivity contribution in [2.45, 2.75) is 11.7 Å². The van der Waals surface area contributed by atoms with Crippen LogP contribution in [0.3, 0.4) is 0 Å². The molecule has 3 heteroatoms. The van der Waals surface area contributed by atoms with Gasteiger partial charge < -0.3 is 5.73 Å². The minimum absolute atomic E-state index is 0.413. The summed E-state index contributed by atoms with van der Waals surface area (Å²) in [6.07, 6.45) is 1.01. The lowest BCUT2D eigenvalue weighted by Gasteiger charge is -2.10. The average molecular weight is 225 g/mol. The zero-order chi connectivity index (χ0) is 10.2. The second kappa shape index (κ2) is 6.98. The molecule has 0 fully saturated rings. The van der Waals surface area contributed by atoms with E-state index in [2.05, 4.69) is 24.3 Å². The van der Waals surface area contributed by atoms with Gasteiger partial charge >= 0.3 is 0 Å². The van der Waals surface area contributed by atoms with Gasteiger partial charge in [-0.25, -0.2) is 0 Å². The second-order valence-electron chi connectivity index (χ2n) is 3.02. The van der Waals surface area contributed by atoms with Crippen molar-refractivity contribution in [3.8, 4) is 0 Å². The Hall–Kier alpha value is -0.380. The van der Waals surface area contributed by atoms with Crippen molar-refractivity contribution in [1.29, 1.82) is 0 Å². The number of nitrogens with two attached hydrogens (primary N) is 1. The number of hydrogen-bond donors (Lipinski definition) is 1. The van der Waals surface area contributed by atoms with Gasteiger partial charge in [0.2, 0.25) is 0 Å². The summed E-state index contributed by atoms with van der Waals surface area (Å²) in [4.78, 5) is 0. The van der Waals surface area contributed by atoms with E-state index in [9.17, 15) is 0 Å². The molecule has 1 nitrogen and oxygen atoms in total. The van der Waals surface area contributed by atoms with Crippen molar-refractivity contribution >= 4 is 29.3 Å². The molecule has 1 aromatic rings. The Kier molecular flexibility index (Phi) is 5.83. The molecular weight excluding hydrogens is 210 g/mol. The smallest absolute Gasteiger partial charge is 0.0371 e. The molecule has 1 unspecified atom stereocenters. The number of hydrogen-bond acceptors (Lipinski definition) is 3. The van der Waals surface area contributed by atoms with Crippen molar-refractivity contribution in [3.63, 3.8) is 0 Å². The molecule has 1 aromatic carbocycles. The monoisotopic (exact) mass is 225 g/mol. The highest BCUT2D eigenvalue weighted by Gasteiger charge is 2.05. The molecule has 2 N–H and O–H groups in total. The van der Waals surface area contributed by atoms with Crippen LogP contribution < -0.4 is 5.73 Å². The van der Waals surface area contributed by atoms with Gasteiger partial charge in [0, 0.05) is 17.5 Å². The molecule has 0 aliphatic carbocycles. The SMILES string of the molecule is NCCSC(C=S)Cc1ccccc1. The van der Waals surface area contributed by atoms with E-state index in [1.165, 1.54) is 5.56 Å². The van der Waals surface area contributed by atoms with Crippen LogP contribution in [0.5, 0.6) is 0 Å². The lowest BCUT2D eigenvalue weighted by molar-refractivity contribution is 1.07. The molecule has 14 heavy (non-hydrogen) atoms. The molecule has 0 radical (unpaired) electrons. The van der Waals surface area contributed by atoms with Crippen LogP contribution in [0.1, 0.15) is 5.56 Å². The lowest BCUT2D eigenvalue weighted by atomic mass is 10.1. The van der Waals surface area contributed by atoms with Crippen LogP contribution in [-0.2, 0) is 6.42 Å². The Balaban J connectivity index is 2.44. The predicted molar refractivity (Wildman–Crippen MR) is 69.1 cm³/mol. The molecule has 0 aliphatic heterocycles. The van der Waals surface area contributed by atoms with Crippen LogP contribution in [0.15, 0.2) is 30.3 Å². The standard InChI is InChI=1S/C11H15NS2/c12-6-7-14-11(9-13)8-10-4-2-1-3-5-10/h1-5,9,11H,6-8,12H2. The van der Waals surface area contributed by atoms with E-state index in [0.717, 1.165) is 18.7 Å². The Bertz CT molecular complexity index is 261. The van der Waals surface area contributed by atoms with Crippen LogP contribution in [0.2, 0.25) is 0 Å². The van der Waals surface area contributed by atoms with Crippen LogP contribution in [0.4, 0.5) is 0 Å². The molecule has 76 valence electrons. The van der Waals surface area contributed by atoms with E-state index in [1.807, 2.05) is 23.2 Å². The van der Waals surface area contributed by atoms with Gasteiger partial charge in [-0.2, -0.15) is 11.8 Å². The molecule has 0 amide bonds. The van der Waals surface area contributed by atoms with Crippen molar-refractivity contribution < 1.29 is 0 Å². The highest BCUT2D eigenvalue weighted by molar-refractivity contribution is 8.01. The molecule has 0 saturated carbocycles. The summed E-state index contributed by atoms with van der Waals surface area (Å²) in [5, 5.41) is 2.25. The molecule has 0 aliphatic rings. The van der Waals surface area contributed by atoms with Gasteiger partial charge in [0.25, 0.3) is 0 Å². The molecule has 0 saturated heterocycles. The largest absolute Gasteiger partial charge is 0.330 e. The van der Waals surface area contributed by atoms with Crippen LogP contribution in [0, 0.1) is 0 Å². The summed E-state index contributed by atoms with van der Waals surface area (Å²) in [5.41, 5.74) is 6.79. The molecule has 1 rings (SSSR count). The zero-order valence-corrected chi connectivity index (χ0v) is 9.69. The zero-order valence-electron chi connectivity index (χ0n) is 8.06. The highest BCUT2D eigenvalue weighted by Crippen LogP contribution is 2.14. The Labute approximate surface area is 95.1 Å². The van der Waals surface area contributed by atoms with E-state index in [1.54, 1.807) is 0 Å². The maximum atomic E-state index is 5.46. The first-order chi connectivity index (χ1) is 6.86. The fraction of sp³-hybridized carbons (Fsp3) is 0.364. The third kappa shape index (κ3) is 4.22. The first-order valence-corrected chi connectivity index (χ1v) is 6.19. The van der Waals surface area contributed by atoms with Gasteiger partial charge in [-0.1, -0.05) is 42.5 Å². The van der Waals surface area contributed by atoms with Gasteiger partial charge in [-0.05, 0) is 17.4 Å². The Morgan fingerprint density at radius 1 is 1.36 bits per heavy atom. The molecule has 0 bridgehead atoms. The van der Waals surface area contributed by atoms with E-state index in [-0.39, 0.29) is 0 Å². The second-order valence-corrected chi connectivity index (χ2v) is 4.64. The van der Waals surface area contributed by atoms with E-state index < -0.39 is 0 Å². The molecule has 0 heterocycles. The van der Waals surface area contributed by atoms with Gasteiger partial charge in [-0.15, -0.1) is 0 Å². The van der Waals surface area contributed by atoms with Crippen LogP contribution >= 0.6 is 24.0 Å². The fourth-order valence-electron chi connectivity index (χ4n) is 1.21. The van der Waals surface area contributed by atoms with Crippen LogP contribution in [-0.4, -0.2) is 22.9 Å². The maximum absolute atomic E-state index is 5.46. The van der Waals surface area contributed by atoms with Crippen molar-refractivity contribution in [3.05, 3.63) is 35.9 Å². The van der Waals surface area contributed by atoms with E-state index in [0.29, 0.717) is 5.25 Å². The Morgan fingerprint density at radius 2 is 2.07 bits per heavy atom. The van der Waals surface area contributed by atoms with Gasteiger partial charge in [0.05, 0.1) is 0 Å². The normalized spacial score (nSPS) is 12.4. The first kappa shape index (κ1) is 11.7. The minimum Gasteiger partial charge on any atom is -0.330 e. The summed E-state index contributed by atoms with van der Waals surface area (Å²) >= 11 is 6.83. The third-order valence-corrected chi connectivity index (χ3v) is 3.58. The number of thioether (sulfide) groups is 1. The van der Waals surface area contributed by atoms with Gasteiger partial charge in [0.15, 0.2) is 0 Å². The third-order valence-electron chi connectivity index (χ3n) is 1.88. The van der Waals surface area contributed by atoms with Gasteiger partial charge in [0.1, 0.15) is 0 Å². The van der Waals surface area contributed by atoms with Crippen LogP contribution in [0.25, 0.3) is 0 Å². The average Bonchev–Trinajstić information content (AvgIpc) is 2.25. The van der Waals surface area contributed by atoms with Crippen molar-refractivity contribution in [1.82, 2.24) is 0 Å². The summed E-state index contributed by atoms with van der Waals surface area (Å²) < 4.78 is 0. The lowest BCUT2D eigenvalue weighted by Crippen LogP contribution is -2.11. The maximum Gasteiger partial charge on any atom is 0.0371 e. The summed E-state index contributed by atoms with van der Waals surface area (Å²) in [5.74, 6) is 0.977. The molecular formula is C11H15NS2. The minimum atomic E-state index is 0.413. The molecule has 1 atom stereocenters. The van der Waals surface area contributed by atoms with E-state index in [4.69, 9.17) is 18.0 Å². The molecule has 0 aromatic heterocycles. The summed E-state index contributed by atoms with van der Waals surface area (Å²) in [6, 6.07) is 10.4. The topological polar surface area (TPSA) is 26.0 Å². The summed E-state index contributed by atoms with van der Waals surface area (Å²) in [7, 11) is 0. The number of benzene rings is 1. The first-order valence-electron chi connectivity index (χ1n) is 4.67. The highest BCUT2D eigenvalue weighted by atomic mass is 32.2. The molecule has 0 spiro atoms. The van der Waals surface area contributed by atoms with Crippen molar-refractivity contribution in [2.24, 2.45) is 5.73 Å². The predicted octanol–water partition coefficient (Wildman–Crippen LogP) is 2.29. The van der Waals surface area contributed by atoms with E-state index >= 15 is 0 Å². The fourth-order valence-corrected chi connectivity index (χ4v) is 2.37. The Morgan fingerprint density at radius 3 is 2.64 bits per heavy atom. The summed E-state index contributed by atoms with van der Waals surface area (Å²) in [6.45, 7) is 0.721. The number of thiocarbonyl (C=S) groups is 1.